The molecule has 19 heavy (non-hydrogen) atoms. The lowest BCUT2D eigenvalue weighted by atomic mass is 10.1. The molecule has 4 heteroatoms. The van der Waals surface area contributed by atoms with E-state index in [-0.39, 0.29) is 17.5 Å². The van der Waals surface area contributed by atoms with Gasteiger partial charge in [0.25, 0.3) is 0 Å². The molecule has 1 unspecified atom stereocenters. The summed E-state index contributed by atoms with van der Waals surface area (Å²) in [7, 11) is 0. The molecule has 0 spiro atoms. The van der Waals surface area contributed by atoms with Gasteiger partial charge in [-0.1, -0.05) is 30.3 Å². The molecule has 2 aromatic rings. The van der Waals surface area contributed by atoms with Crippen LogP contribution in [0.25, 0.3) is 0 Å². The Labute approximate surface area is 112 Å². The average molecular weight is 259 g/mol. The van der Waals surface area contributed by atoms with Gasteiger partial charge in [-0.05, 0) is 30.2 Å². The fraction of sp³-hybridized carbons (Fsp3) is 0.200. The van der Waals surface area contributed by atoms with Gasteiger partial charge in [0.05, 0.1) is 12.6 Å². The summed E-state index contributed by atoms with van der Waals surface area (Å²) in [6.45, 7) is 2.34. The van der Waals surface area contributed by atoms with Crippen molar-refractivity contribution in [2.24, 2.45) is 0 Å². The highest BCUT2D eigenvalue weighted by Crippen LogP contribution is 2.24. The Morgan fingerprint density at radius 1 is 1.05 bits per heavy atom. The van der Waals surface area contributed by atoms with Crippen molar-refractivity contribution < 1.29 is 15.1 Å². The third kappa shape index (κ3) is 3.98. The minimum atomic E-state index is -0.137. The summed E-state index contributed by atoms with van der Waals surface area (Å²) >= 11 is 0. The second kappa shape index (κ2) is 6.22. The summed E-state index contributed by atoms with van der Waals surface area (Å²) in [5.41, 5.74) is 4.71. The standard InChI is InChI=1S/C15H17NO3/c1-11(13-7-14(17)9-15(18)8-13)16-19-10-12-5-3-2-4-6-12/h2-9,11,16-18H,10H2,1H3. The van der Waals surface area contributed by atoms with E-state index in [0.717, 1.165) is 11.1 Å². The van der Waals surface area contributed by atoms with E-state index in [1.807, 2.05) is 37.3 Å². The van der Waals surface area contributed by atoms with E-state index in [2.05, 4.69) is 5.48 Å². The molecular formula is C15H17NO3. The van der Waals surface area contributed by atoms with Crippen LogP contribution < -0.4 is 5.48 Å². The van der Waals surface area contributed by atoms with Gasteiger partial charge in [0, 0.05) is 6.07 Å². The van der Waals surface area contributed by atoms with E-state index in [1.165, 1.54) is 6.07 Å². The van der Waals surface area contributed by atoms with Crippen LogP contribution in [-0.4, -0.2) is 10.2 Å². The van der Waals surface area contributed by atoms with Crippen LogP contribution in [0.1, 0.15) is 24.1 Å². The molecule has 0 saturated heterocycles. The molecule has 2 rings (SSSR count). The maximum atomic E-state index is 9.42. The lowest BCUT2D eigenvalue weighted by molar-refractivity contribution is 0.00692. The molecule has 3 N–H and O–H groups in total. The third-order valence-electron chi connectivity index (χ3n) is 2.77. The number of nitrogens with one attached hydrogen (secondary N) is 1. The molecule has 2 aromatic carbocycles. The zero-order chi connectivity index (χ0) is 13.7. The molecule has 0 amide bonds. The Morgan fingerprint density at radius 2 is 1.68 bits per heavy atom. The number of rotatable bonds is 5. The van der Waals surface area contributed by atoms with Crippen LogP contribution in [0.3, 0.4) is 0 Å². The molecule has 1 atom stereocenters. The van der Waals surface area contributed by atoms with Crippen molar-refractivity contribution in [3.8, 4) is 11.5 Å². The third-order valence-corrected chi connectivity index (χ3v) is 2.77. The number of phenolic OH excluding ortho intramolecular Hbond substituents is 2. The summed E-state index contributed by atoms with van der Waals surface area (Å²) in [4.78, 5) is 5.40. The summed E-state index contributed by atoms with van der Waals surface area (Å²) in [5, 5.41) is 18.8. The van der Waals surface area contributed by atoms with Crippen molar-refractivity contribution in [2.45, 2.75) is 19.6 Å². The van der Waals surface area contributed by atoms with Crippen molar-refractivity contribution in [2.75, 3.05) is 0 Å². The topological polar surface area (TPSA) is 61.7 Å². The summed E-state index contributed by atoms with van der Waals surface area (Å²) in [6, 6.07) is 14.1. The van der Waals surface area contributed by atoms with Gasteiger partial charge in [-0.3, -0.25) is 4.84 Å². The van der Waals surface area contributed by atoms with E-state index < -0.39 is 0 Å². The summed E-state index contributed by atoms with van der Waals surface area (Å²) in [6.07, 6.45) is 0. The van der Waals surface area contributed by atoms with Gasteiger partial charge in [-0.25, -0.2) is 0 Å². The fourth-order valence-corrected chi connectivity index (χ4v) is 1.76. The molecule has 100 valence electrons. The predicted molar refractivity (Wildman–Crippen MR) is 72.6 cm³/mol. The van der Waals surface area contributed by atoms with Gasteiger partial charge >= 0.3 is 0 Å². The number of aromatic hydroxyl groups is 2. The lowest BCUT2D eigenvalue weighted by Gasteiger charge is -2.14. The minimum Gasteiger partial charge on any atom is -0.508 e. The average Bonchev–Trinajstić information content (AvgIpc) is 2.38. The van der Waals surface area contributed by atoms with E-state index in [1.54, 1.807) is 12.1 Å². The number of benzene rings is 2. The SMILES string of the molecule is CC(NOCc1ccccc1)c1cc(O)cc(O)c1. The quantitative estimate of drug-likeness (QED) is 0.722. The van der Waals surface area contributed by atoms with Crippen molar-refractivity contribution in [3.05, 3.63) is 59.7 Å². The molecular weight excluding hydrogens is 242 g/mol. The van der Waals surface area contributed by atoms with Crippen molar-refractivity contribution in [1.82, 2.24) is 5.48 Å². The lowest BCUT2D eigenvalue weighted by Crippen LogP contribution is -2.18. The second-order valence-corrected chi connectivity index (χ2v) is 4.40. The zero-order valence-corrected chi connectivity index (χ0v) is 10.7. The molecule has 0 aliphatic heterocycles. The van der Waals surface area contributed by atoms with Crippen molar-refractivity contribution in [3.63, 3.8) is 0 Å². The Morgan fingerprint density at radius 3 is 2.32 bits per heavy atom. The first-order chi connectivity index (χ1) is 9.15. The Bertz CT molecular complexity index is 508. The zero-order valence-electron chi connectivity index (χ0n) is 10.7. The van der Waals surface area contributed by atoms with Crippen molar-refractivity contribution in [1.29, 1.82) is 0 Å². The van der Waals surface area contributed by atoms with E-state index in [9.17, 15) is 10.2 Å². The molecule has 0 aliphatic carbocycles. The smallest absolute Gasteiger partial charge is 0.119 e. The van der Waals surface area contributed by atoms with E-state index in [4.69, 9.17) is 4.84 Å². The molecule has 4 nitrogen and oxygen atoms in total. The minimum absolute atomic E-state index is 0.0340. The Hall–Kier alpha value is -2.04. The van der Waals surface area contributed by atoms with Gasteiger partial charge in [0.1, 0.15) is 11.5 Å². The number of hydroxylamine groups is 1. The highest BCUT2D eigenvalue weighted by molar-refractivity contribution is 5.37. The number of phenols is 2. The number of hydrogen-bond donors (Lipinski definition) is 3. The Kier molecular flexibility index (Phi) is 4.39. The van der Waals surface area contributed by atoms with Crippen LogP contribution in [0.5, 0.6) is 11.5 Å². The first-order valence-electron chi connectivity index (χ1n) is 6.09. The summed E-state index contributed by atoms with van der Waals surface area (Å²) in [5.74, 6) is 0.0680. The first kappa shape index (κ1) is 13.4. The number of hydrogen-bond acceptors (Lipinski definition) is 4. The highest BCUT2D eigenvalue weighted by atomic mass is 16.6. The van der Waals surface area contributed by atoms with Crippen LogP contribution in [0.2, 0.25) is 0 Å². The molecule has 0 saturated carbocycles. The normalized spacial score (nSPS) is 12.3. The maximum Gasteiger partial charge on any atom is 0.119 e. The summed E-state index contributed by atoms with van der Waals surface area (Å²) < 4.78 is 0. The molecule has 0 bridgehead atoms. The molecule has 0 radical (unpaired) electrons. The maximum absolute atomic E-state index is 9.42. The van der Waals surface area contributed by atoms with Crippen LogP contribution in [0.4, 0.5) is 0 Å². The van der Waals surface area contributed by atoms with Gasteiger partial charge in [0.2, 0.25) is 0 Å². The first-order valence-corrected chi connectivity index (χ1v) is 6.09. The van der Waals surface area contributed by atoms with Gasteiger partial charge in [-0.15, -0.1) is 0 Å². The molecule has 0 fully saturated rings. The van der Waals surface area contributed by atoms with Crippen LogP contribution >= 0.6 is 0 Å². The second-order valence-electron chi connectivity index (χ2n) is 4.40. The van der Waals surface area contributed by atoms with E-state index in [0.29, 0.717) is 6.61 Å². The monoisotopic (exact) mass is 259 g/mol. The van der Waals surface area contributed by atoms with Crippen LogP contribution in [-0.2, 0) is 11.4 Å². The Balaban J connectivity index is 1.89. The van der Waals surface area contributed by atoms with Gasteiger partial charge < -0.3 is 10.2 Å². The fourth-order valence-electron chi connectivity index (χ4n) is 1.76. The predicted octanol–water partition coefficient (Wildman–Crippen LogP) is 2.88. The van der Waals surface area contributed by atoms with E-state index >= 15 is 0 Å². The molecule has 0 aromatic heterocycles. The van der Waals surface area contributed by atoms with Crippen LogP contribution in [0, 0.1) is 0 Å². The highest BCUT2D eigenvalue weighted by Gasteiger charge is 2.08. The van der Waals surface area contributed by atoms with Crippen LogP contribution in [0.15, 0.2) is 48.5 Å². The molecule has 0 heterocycles. The van der Waals surface area contributed by atoms with Gasteiger partial charge in [0.15, 0.2) is 0 Å². The molecule has 0 aliphatic rings. The largest absolute Gasteiger partial charge is 0.508 e. The van der Waals surface area contributed by atoms with Gasteiger partial charge in [-0.2, -0.15) is 5.48 Å². The van der Waals surface area contributed by atoms with Crippen molar-refractivity contribution >= 4 is 0 Å².